The zero-order valence-corrected chi connectivity index (χ0v) is 17.5. The van der Waals surface area contributed by atoms with Crippen LogP contribution in [0.2, 0.25) is 5.02 Å². The van der Waals surface area contributed by atoms with Gasteiger partial charge < -0.3 is 16.4 Å². The van der Waals surface area contributed by atoms with E-state index in [1.165, 1.54) is 12.1 Å². The predicted molar refractivity (Wildman–Crippen MR) is 122 cm³/mol. The molecule has 4 N–H and O–H groups in total. The zero-order valence-electron chi connectivity index (χ0n) is 16.7. The van der Waals surface area contributed by atoms with Crippen molar-refractivity contribution in [2.24, 2.45) is 5.73 Å². The first-order chi connectivity index (χ1) is 14.6. The summed E-state index contributed by atoms with van der Waals surface area (Å²) in [5, 5.41) is 7.26. The van der Waals surface area contributed by atoms with Crippen molar-refractivity contribution in [3.63, 3.8) is 0 Å². The van der Waals surface area contributed by atoms with Crippen LogP contribution in [0.3, 0.4) is 0 Å². The largest absolute Gasteiger partial charge is 0.381 e. The van der Waals surface area contributed by atoms with Gasteiger partial charge in [0.25, 0.3) is 0 Å². The molecule has 2 aromatic carbocycles. The Morgan fingerprint density at radius 1 is 1.03 bits per heavy atom. The quantitative estimate of drug-likeness (QED) is 0.465. The summed E-state index contributed by atoms with van der Waals surface area (Å²) in [6, 6.07) is 17.5. The Balaban J connectivity index is 1.53. The van der Waals surface area contributed by atoms with Crippen LogP contribution in [0, 0.1) is 5.82 Å². The second-order valence-corrected chi connectivity index (χ2v) is 8.28. The standard InChI is InChI=1S/C24H26ClFN4/c25-23-15-29-24(30-20-8-6-19(27)7-9-20)13-22(23)17-10-18(26)12-21(11-17)28-14-16-4-2-1-3-5-16/h1-5,10-13,15,19-20,28H,6-9,14,27H2,(H,29,30)/t19-,20-. The molecule has 1 fully saturated rings. The fraction of sp³-hybridized carbons (Fsp3) is 0.292. The van der Waals surface area contributed by atoms with Gasteiger partial charge in [0.2, 0.25) is 0 Å². The summed E-state index contributed by atoms with van der Waals surface area (Å²) >= 11 is 6.42. The molecule has 0 radical (unpaired) electrons. The normalized spacial score (nSPS) is 18.8. The minimum atomic E-state index is -0.313. The van der Waals surface area contributed by atoms with E-state index in [9.17, 15) is 4.39 Å². The maximum atomic E-state index is 14.4. The molecule has 30 heavy (non-hydrogen) atoms. The smallest absolute Gasteiger partial charge is 0.126 e. The summed E-state index contributed by atoms with van der Waals surface area (Å²) in [7, 11) is 0. The number of nitrogens with zero attached hydrogens (tertiary/aromatic N) is 1. The number of nitrogens with one attached hydrogen (secondary N) is 2. The number of benzene rings is 2. The lowest BCUT2D eigenvalue weighted by molar-refractivity contribution is 0.410. The van der Waals surface area contributed by atoms with Crippen LogP contribution in [0.5, 0.6) is 0 Å². The van der Waals surface area contributed by atoms with Crippen molar-refractivity contribution in [3.05, 3.63) is 77.2 Å². The third-order valence-corrected chi connectivity index (χ3v) is 5.83. The van der Waals surface area contributed by atoms with Crippen molar-refractivity contribution >= 4 is 23.1 Å². The van der Waals surface area contributed by atoms with Crippen LogP contribution < -0.4 is 16.4 Å². The summed E-state index contributed by atoms with van der Waals surface area (Å²) in [5.41, 5.74) is 9.30. The van der Waals surface area contributed by atoms with E-state index in [0.29, 0.717) is 34.9 Å². The summed E-state index contributed by atoms with van der Waals surface area (Å²) in [6.45, 7) is 0.616. The number of rotatable bonds is 6. The van der Waals surface area contributed by atoms with Gasteiger partial charge in [-0.3, -0.25) is 0 Å². The maximum Gasteiger partial charge on any atom is 0.126 e. The topological polar surface area (TPSA) is 63.0 Å². The lowest BCUT2D eigenvalue weighted by atomic mass is 9.92. The molecule has 0 saturated heterocycles. The van der Waals surface area contributed by atoms with Crippen molar-refractivity contribution in [1.82, 2.24) is 4.98 Å². The molecular formula is C24H26ClFN4. The Labute approximate surface area is 181 Å². The first-order valence-electron chi connectivity index (χ1n) is 10.3. The molecule has 0 atom stereocenters. The molecule has 1 heterocycles. The van der Waals surface area contributed by atoms with Gasteiger partial charge in [-0.05, 0) is 61.1 Å². The van der Waals surface area contributed by atoms with E-state index in [1.807, 2.05) is 42.5 Å². The second-order valence-electron chi connectivity index (χ2n) is 7.87. The first-order valence-corrected chi connectivity index (χ1v) is 10.7. The van der Waals surface area contributed by atoms with Gasteiger partial charge in [-0.25, -0.2) is 9.37 Å². The number of anilines is 2. The maximum absolute atomic E-state index is 14.4. The van der Waals surface area contributed by atoms with Gasteiger partial charge in [0.05, 0.1) is 5.02 Å². The molecule has 1 aromatic heterocycles. The Bertz CT molecular complexity index is 988. The molecule has 1 aliphatic rings. The van der Waals surface area contributed by atoms with Gasteiger partial charge in [0.1, 0.15) is 11.6 Å². The van der Waals surface area contributed by atoms with E-state index in [2.05, 4.69) is 15.6 Å². The zero-order chi connectivity index (χ0) is 20.9. The summed E-state index contributed by atoms with van der Waals surface area (Å²) in [5.74, 6) is 0.435. The van der Waals surface area contributed by atoms with Crippen molar-refractivity contribution in [1.29, 1.82) is 0 Å². The summed E-state index contributed by atoms with van der Waals surface area (Å²) in [6.07, 6.45) is 5.69. The fourth-order valence-corrected chi connectivity index (χ4v) is 4.07. The molecule has 0 bridgehead atoms. The van der Waals surface area contributed by atoms with Crippen LogP contribution in [0.1, 0.15) is 31.2 Å². The molecule has 1 aliphatic carbocycles. The first kappa shape index (κ1) is 20.6. The van der Waals surface area contributed by atoms with Crippen LogP contribution >= 0.6 is 11.6 Å². The number of pyridine rings is 1. The van der Waals surface area contributed by atoms with E-state index >= 15 is 0 Å². The SMILES string of the molecule is N[C@H]1CC[C@H](Nc2cc(-c3cc(F)cc(NCc4ccccc4)c3)c(Cl)cn2)CC1. The molecule has 6 heteroatoms. The van der Waals surface area contributed by atoms with Gasteiger partial charge in [0.15, 0.2) is 0 Å². The fourth-order valence-electron chi connectivity index (χ4n) is 3.86. The Kier molecular flexibility index (Phi) is 6.50. The van der Waals surface area contributed by atoms with E-state index in [-0.39, 0.29) is 5.82 Å². The average Bonchev–Trinajstić information content (AvgIpc) is 2.75. The molecular weight excluding hydrogens is 399 g/mol. The van der Waals surface area contributed by atoms with Gasteiger partial charge >= 0.3 is 0 Å². The highest BCUT2D eigenvalue weighted by molar-refractivity contribution is 6.33. The van der Waals surface area contributed by atoms with Crippen molar-refractivity contribution in [3.8, 4) is 11.1 Å². The van der Waals surface area contributed by atoms with Gasteiger partial charge in [-0.2, -0.15) is 0 Å². The highest BCUT2D eigenvalue weighted by Gasteiger charge is 2.19. The van der Waals surface area contributed by atoms with E-state index in [0.717, 1.165) is 42.6 Å². The molecule has 4 rings (SSSR count). The summed E-state index contributed by atoms with van der Waals surface area (Å²) < 4.78 is 14.4. The Morgan fingerprint density at radius 2 is 1.80 bits per heavy atom. The van der Waals surface area contributed by atoms with Crippen LogP contribution in [-0.4, -0.2) is 17.1 Å². The third kappa shape index (κ3) is 5.29. The highest BCUT2D eigenvalue weighted by Crippen LogP contribution is 2.32. The van der Waals surface area contributed by atoms with Crippen LogP contribution in [-0.2, 0) is 6.54 Å². The number of nitrogens with two attached hydrogens (primary N) is 1. The monoisotopic (exact) mass is 424 g/mol. The molecule has 0 unspecified atom stereocenters. The number of halogens is 2. The lowest BCUT2D eigenvalue weighted by Crippen LogP contribution is -2.33. The van der Waals surface area contributed by atoms with E-state index in [1.54, 1.807) is 6.20 Å². The minimum absolute atomic E-state index is 0.297. The number of hydrogen-bond acceptors (Lipinski definition) is 4. The van der Waals surface area contributed by atoms with E-state index < -0.39 is 0 Å². The highest BCUT2D eigenvalue weighted by atomic mass is 35.5. The molecule has 4 nitrogen and oxygen atoms in total. The van der Waals surface area contributed by atoms with Crippen molar-refractivity contribution < 1.29 is 4.39 Å². The molecule has 0 amide bonds. The average molecular weight is 425 g/mol. The summed E-state index contributed by atoms with van der Waals surface area (Å²) in [4.78, 5) is 4.41. The van der Waals surface area contributed by atoms with E-state index in [4.69, 9.17) is 17.3 Å². The predicted octanol–water partition coefficient (Wildman–Crippen LogP) is 5.84. The third-order valence-electron chi connectivity index (χ3n) is 5.53. The lowest BCUT2D eigenvalue weighted by Gasteiger charge is -2.27. The van der Waals surface area contributed by atoms with Crippen LogP contribution in [0.25, 0.3) is 11.1 Å². The molecule has 0 aliphatic heterocycles. The second kappa shape index (κ2) is 9.45. The van der Waals surface area contributed by atoms with Gasteiger partial charge in [-0.15, -0.1) is 0 Å². The minimum Gasteiger partial charge on any atom is -0.381 e. The number of hydrogen-bond donors (Lipinski definition) is 3. The molecule has 3 aromatic rings. The Hall–Kier alpha value is -2.63. The van der Waals surface area contributed by atoms with Gasteiger partial charge in [0, 0.05) is 36.1 Å². The Morgan fingerprint density at radius 3 is 2.57 bits per heavy atom. The van der Waals surface area contributed by atoms with Crippen molar-refractivity contribution in [2.45, 2.75) is 44.3 Å². The molecule has 1 saturated carbocycles. The molecule has 0 spiro atoms. The van der Waals surface area contributed by atoms with Crippen molar-refractivity contribution in [2.75, 3.05) is 10.6 Å². The van der Waals surface area contributed by atoms with Crippen LogP contribution in [0.4, 0.5) is 15.9 Å². The molecule has 156 valence electrons. The van der Waals surface area contributed by atoms with Gasteiger partial charge in [-0.1, -0.05) is 41.9 Å². The number of aromatic nitrogens is 1. The van der Waals surface area contributed by atoms with Crippen LogP contribution in [0.15, 0.2) is 60.8 Å².